The van der Waals surface area contributed by atoms with Crippen LogP contribution in [0.15, 0.2) is 0 Å². The Bertz CT molecular complexity index is 307. The van der Waals surface area contributed by atoms with Gasteiger partial charge in [-0.15, -0.1) is 0 Å². The molecule has 0 aromatic carbocycles. The first-order valence-corrected chi connectivity index (χ1v) is 8.22. The lowest BCUT2D eigenvalue weighted by Gasteiger charge is -2.44. The number of rotatable bonds is 6. The van der Waals surface area contributed by atoms with Gasteiger partial charge in [0, 0.05) is 33.4 Å². The number of ether oxygens (including phenoxy) is 1. The normalized spacial score (nSPS) is 27.1. The molecule has 2 rings (SSSR count). The summed E-state index contributed by atoms with van der Waals surface area (Å²) >= 11 is 0. The van der Waals surface area contributed by atoms with Gasteiger partial charge in [-0.2, -0.15) is 0 Å². The predicted molar refractivity (Wildman–Crippen MR) is 80.7 cm³/mol. The molecule has 0 aliphatic carbocycles. The molecule has 0 saturated carbocycles. The van der Waals surface area contributed by atoms with Crippen molar-refractivity contribution in [3.8, 4) is 0 Å². The monoisotopic (exact) mass is 282 g/mol. The largest absolute Gasteiger partial charge is 0.385 e. The van der Waals surface area contributed by atoms with Crippen molar-refractivity contribution in [1.82, 2.24) is 9.80 Å². The number of carbonyl (C=O) groups is 1. The van der Waals surface area contributed by atoms with E-state index >= 15 is 0 Å². The molecule has 0 bridgehead atoms. The van der Waals surface area contributed by atoms with Crippen molar-refractivity contribution in [2.45, 2.75) is 51.0 Å². The quantitative estimate of drug-likeness (QED) is 0.700. The van der Waals surface area contributed by atoms with Crippen molar-refractivity contribution in [2.75, 3.05) is 40.4 Å². The Hall–Kier alpha value is -0.610. The molecule has 2 saturated heterocycles. The van der Waals surface area contributed by atoms with E-state index in [1.807, 2.05) is 11.9 Å². The van der Waals surface area contributed by atoms with Gasteiger partial charge in [0.05, 0.1) is 5.92 Å². The van der Waals surface area contributed by atoms with Crippen LogP contribution in [0.25, 0.3) is 0 Å². The van der Waals surface area contributed by atoms with Crippen molar-refractivity contribution in [2.24, 2.45) is 5.92 Å². The number of hydrogen-bond donors (Lipinski definition) is 0. The molecule has 2 fully saturated rings. The molecular formula is C16H30N2O2. The molecule has 2 aliphatic heterocycles. The molecule has 4 nitrogen and oxygen atoms in total. The average Bonchev–Trinajstić information content (AvgIpc) is 2.50. The van der Waals surface area contributed by atoms with Gasteiger partial charge < -0.3 is 9.64 Å². The van der Waals surface area contributed by atoms with Crippen LogP contribution < -0.4 is 0 Å². The zero-order valence-electron chi connectivity index (χ0n) is 13.1. The third-order valence-corrected chi connectivity index (χ3v) is 4.87. The molecular weight excluding hydrogens is 252 g/mol. The summed E-state index contributed by atoms with van der Waals surface area (Å²) in [6.45, 7) is 4.06. The maximum absolute atomic E-state index is 12.7. The average molecular weight is 282 g/mol. The van der Waals surface area contributed by atoms with E-state index in [1.54, 1.807) is 7.11 Å². The second kappa shape index (κ2) is 7.99. The lowest BCUT2D eigenvalue weighted by Crippen LogP contribution is -2.52. The minimum atomic E-state index is 0.247. The van der Waals surface area contributed by atoms with Crippen molar-refractivity contribution in [3.63, 3.8) is 0 Å². The molecule has 116 valence electrons. The van der Waals surface area contributed by atoms with Crippen LogP contribution in [0.4, 0.5) is 0 Å². The standard InChI is InChI=1S/C16H30N2O2/c1-17(10-5-6-13-20-2)16(19)14-8-7-12-18-11-4-3-9-15(14)18/h14-15H,3-13H2,1-2H3/t14-,15-/m1/s1. The van der Waals surface area contributed by atoms with Crippen LogP contribution in [0.1, 0.15) is 44.9 Å². The number of unbranched alkanes of at least 4 members (excludes halogenated alkanes) is 1. The molecule has 20 heavy (non-hydrogen) atoms. The Labute approximate surface area is 123 Å². The highest BCUT2D eigenvalue weighted by molar-refractivity contribution is 5.79. The molecule has 2 heterocycles. The van der Waals surface area contributed by atoms with E-state index < -0.39 is 0 Å². The van der Waals surface area contributed by atoms with Crippen molar-refractivity contribution in [1.29, 1.82) is 0 Å². The highest BCUT2D eigenvalue weighted by atomic mass is 16.5. The number of carbonyl (C=O) groups excluding carboxylic acids is 1. The van der Waals surface area contributed by atoms with Crippen LogP contribution >= 0.6 is 0 Å². The molecule has 0 unspecified atom stereocenters. The van der Waals surface area contributed by atoms with Crippen LogP contribution in [-0.2, 0) is 9.53 Å². The third-order valence-electron chi connectivity index (χ3n) is 4.87. The Balaban J connectivity index is 1.83. The number of amides is 1. The van der Waals surface area contributed by atoms with Crippen LogP contribution in [0, 0.1) is 5.92 Å². The topological polar surface area (TPSA) is 32.8 Å². The van der Waals surface area contributed by atoms with E-state index in [0.29, 0.717) is 11.9 Å². The summed E-state index contributed by atoms with van der Waals surface area (Å²) in [4.78, 5) is 17.2. The summed E-state index contributed by atoms with van der Waals surface area (Å²) in [6.07, 6.45) is 8.17. The maximum Gasteiger partial charge on any atom is 0.227 e. The summed E-state index contributed by atoms with van der Waals surface area (Å²) in [5, 5.41) is 0. The first-order valence-electron chi connectivity index (χ1n) is 8.22. The Morgan fingerprint density at radius 2 is 2.00 bits per heavy atom. The summed E-state index contributed by atoms with van der Waals surface area (Å²) in [7, 11) is 3.70. The van der Waals surface area contributed by atoms with E-state index in [1.165, 1.54) is 38.8 Å². The Kier molecular flexibility index (Phi) is 6.30. The number of piperidine rings is 2. The van der Waals surface area contributed by atoms with Crippen LogP contribution in [0.5, 0.6) is 0 Å². The molecule has 0 spiro atoms. The van der Waals surface area contributed by atoms with E-state index in [9.17, 15) is 4.79 Å². The van der Waals surface area contributed by atoms with E-state index in [2.05, 4.69) is 4.90 Å². The number of hydrogen-bond acceptors (Lipinski definition) is 3. The lowest BCUT2D eigenvalue weighted by atomic mass is 9.82. The Morgan fingerprint density at radius 3 is 2.80 bits per heavy atom. The van der Waals surface area contributed by atoms with E-state index in [4.69, 9.17) is 4.74 Å². The van der Waals surface area contributed by atoms with Gasteiger partial charge in [0.15, 0.2) is 0 Å². The zero-order valence-corrected chi connectivity index (χ0v) is 13.1. The van der Waals surface area contributed by atoms with Crippen LogP contribution in [-0.4, -0.2) is 62.1 Å². The van der Waals surface area contributed by atoms with Gasteiger partial charge in [-0.05, 0) is 51.6 Å². The fraction of sp³-hybridized carbons (Fsp3) is 0.938. The van der Waals surface area contributed by atoms with Crippen molar-refractivity contribution >= 4 is 5.91 Å². The van der Waals surface area contributed by atoms with E-state index in [0.717, 1.165) is 32.4 Å². The molecule has 0 radical (unpaired) electrons. The van der Waals surface area contributed by atoms with Gasteiger partial charge in [0.2, 0.25) is 5.91 Å². The number of methoxy groups -OCH3 is 1. The van der Waals surface area contributed by atoms with Crippen molar-refractivity contribution < 1.29 is 9.53 Å². The van der Waals surface area contributed by atoms with Gasteiger partial charge in [-0.3, -0.25) is 9.69 Å². The second-order valence-corrected chi connectivity index (χ2v) is 6.31. The summed E-state index contributed by atoms with van der Waals surface area (Å²) in [5.74, 6) is 0.621. The maximum atomic E-state index is 12.7. The van der Waals surface area contributed by atoms with Gasteiger partial charge in [-0.25, -0.2) is 0 Å². The third kappa shape index (κ3) is 3.95. The molecule has 2 aliphatic rings. The molecule has 0 N–H and O–H groups in total. The lowest BCUT2D eigenvalue weighted by molar-refractivity contribution is -0.139. The van der Waals surface area contributed by atoms with Gasteiger partial charge in [0.1, 0.15) is 0 Å². The van der Waals surface area contributed by atoms with Crippen LogP contribution in [0.3, 0.4) is 0 Å². The minimum absolute atomic E-state index is 0.247. The molecule has 0 aromatic heterocycles. The molecule has 2 atom stereocenters. The first-order chi connectivity index (χ1) is 9.74. The summed E-state index contributed by atoms with van der Waals surface area (Å²) in [5.41, 5.74) is 0. The number of nitrogens with zero attached hydrogens (tertiary/aromatic N) is 2. The van der Waals surface area contributed by atoms with Crippen LogP contribution in [0.2, 0.25) is 0 Å². The Morgan fingerprint density at radius 1 is 1.20 bits per heavy atom. The highest BCUT2D eigenvalue weighted by Gasteiger charge is 2.37. The second-order valence-electron chi connectivity index (χ2n) is 6.31. The van der Waals surface area contributed by atoms with Gasteiger partial charge in [0.25, 0.3) is 0 Å². The number of fused-ring (bicyclic) bond motifs is 1. The van der Waals surface area contributed by atoms with Crippen molar-refractivity contribution in [3.05, 3.63) is 0 Å². The fourth-order valence-corrected chi connectivity index (χ4v) is 3.73. The van der Waals surface area contributed by atoms with Gasteiger partial charge in [-0.1, -0.05) is 6.42 Å². The van der Waals surface area contributed by atoms with E-state index in [-0.39, 0.29) is 5.92 Å². The molecule has 0 aromatic rings. The predicted octanol–water partition coefficient (Wildman–Crippen LogP) is 2.14. The smallest absolute Gasteiger partial charge is 0.227 e. The molecule has 1 amide bonds. The summed E-state index contributed by atoms with van der Waals surface area (Å²) < 4.78 is 5.06. The minimum Gasteiger partial charge on any atom is -0.385 e. The SMILES string of the molecule is COCCCCN(C)C(=O)[C@@H]1CCCN2CCCC[C@H]12. The van der Waals surface area contributed by atoms with Gasteiger partial charge >= 0.3 is 0 Å². The zero-order chi connectivity index (χ0) is 14.4. The first kappa shape index (κ1) is 15.8. The fourth-order valence-electron chi connectivity index (χ4n) is 3.73. The highest BCUT2D eigenvalue weighted by Crippen LogP contribution is 2.31. The summed E-state index contributed by atoms with van der Waals surface area (Å²) in [6, 6.07) is 0.520. The molecule has 4 heteroatoms.